The molecule has 3 rings (SSSR count). The van der Waals surface area contributed by atoms with Gasteiger partial charge in [0.2, 0.25) is 5.43 Å². The third-order valence-corrected chi connectivity index (χ3v) is 3.95. The molecule has 0 aliphatic heterocycles. The molecule has 3 nitrogen and oxygen atoms in total. The molecule has 1 aromatic heterocycles. The monoisotopic (exact) mass is 304 g/mol. The molecular formula is C20H20N2O. The normalized spacial score (nSPS) is 12.1. The number of aryl methyl sites for hydroxylation is 1. The molecule has 0 saturated heterocycles. The summed E-state index contributed by atoms with van der Waals surface area (Å²) in [4.78, 5) is 12.2. The lowest BCUT2D eigenvalue weighted by Crippen LogP contribution is -2.19. The quantitative estimate of drug-likeness (QED) is 0.733. The predicted octanol–water partition coefficient (Wildman–Crippen LogP) is 3.89. The van der Waals surface area contributed by atoms with E-state index in [-0.39, 0.29) is 11.3 Å². The van der Waals surface area contributed by atoms with Gasteiger partial charge in [0.15, 0.2) is 0 Å². The lowest BCUT2D eigenvalue weighted by molar-refractivity contribution is 0.673. The summed E-state index contributed by atoms with van der Waals surface area (Å²) in [5.74, 6) is 0.0699. The molecule has 1 heterocycles. The molecule has 0 radical (unpaired) electrons. The summed E-state index contributed by atoms with van der Waals surface area (Å²) in [5, 5.41) is 4.57. The Morgan fingerprint density at radius 3 is 2.57 bits per heavy atom. The predicted molar refractivity (Wildman–Crippen MR) is 93.1 cm³/mol. The first-order valence-corrected chi connectivity index (χ1v) is 7.84. The van der Waals surface area contributed by atoms with Gasteiger partial charge in [-0.15, -0.1) is 0 Å². The minimum Gasteiger partial charge on any atom is -0.288 e. The average Bonchev–Trinajstić information content (AvgIpc) is 2.56. The van der Waals surface area contributed by atoms with Crippen molar-refractivity contribution in [2.75, 3.05) is 0 Å². The van der Waals surface area contributed by atoms with Gasteiger partial charge in [0.05, 0.1) is 5.69 Å². The van der Waals surface area contributed by atoms with Crippen LogP contribution in [0.1, 0.15) is 29.7 Å². The third-order valence-electron chi connectivity index (χ3n) is 3.95. The van der Waals surface area contributed by atoms with E-state index in [4.69, 9.17) is 0 Å². The first kappa shape index (κ1) is 15.2. The van der Waals surface area contributed by atoms with Crippen LogP contribution in [0.4, 0.5) is 0 Å². The molecule has 0 spiro atoms. The van der Waals surface area contributed by atoms with Gasteiger partial charge in [-0.2, -0.15) is 5.10 Å². The molecule has 23 heavy (non-hydrogen) atoms. The van der Waals surface area contributed by atoms with Gasteiger partial charge in [0.25, 0.3) is 0 Å². The average molecular weight is 304 g/mol. The Bertz CT molecular complexity index is 853. The number of hydrogen-bond acceptors (Lipinski definition) is 2. The molecule has 0 N–H and O–H groups in total. The number of aromatic nitrogens is 2. The number of benzene rings is 2. The lowest BCUT2D eigenvalue weighted by Gasteiger charge is -2.13. The van der Waals surface area contributed by atoms with E-state index < -0.39 is 0 Å². The van der Waals surface area contributed by atoms with Crippen molar-refractivity contribution >= 4 is 0 Å². The lowest BCUT2D eigenvalue weighted by atomic mass is 9.97. The van der Waals surface area contributed by atoms with Crippen LogP contribution < -0.4 is 5.43 Å². The molecule has 3 aromatic rings. The summed E-state index contributed by atoms with van der Waals surface area (Å²) in [6.45, 7) is 4.14. The van der Waals surface area contributed by atoms with Crippen LogP contribution in [-0.2, 0) is 6.42 Å². The van der Waals surface area contributed by atoms with Crippen LogP contribution in [-0.4, -0.2) is 9.78 Å². The highest BCUT2D eigenvalue weighted by atomic mass is 16.1. The van der Waals surface area contributed by atoms with Crippen LogP contribution in [0.25, 0.3) is 5.69 Å². The Morgan fingerprint density at radius 1 is 1.04 bits per heavy atom. The second-order valence-electron chi connectivity index (χ2n) is 5.94. The van der Waals surface area contributed by atoms with Gasteiger partial charge in [-0.05, 0) is 31.0 Å². The van der Waals surface area contributed by atoms with Crippen LogP contribution in [0.2, 0.25) is 0 Å². The van der Waals surface area contributed by atoms with Crippen molar-refractivity contribution in [3.8, 4) is 5.69 Å². The van der Waals surface area contributed by atoms with Gasteiger partial charge in [0.1, 0.15) is 5.69 Å². The van der Waals surface area contributed by atoms with Gasteiger partial charge in [-0.3, -0.25) is 4.79 Å². The number of para-hydroxylation sites is 1. The molecule has 0 bridgehead atoms. The summed E-state index contributed by atoms with van der Waals surface area (Å²) in [6.07, 6.45) is 2.53. The van der Waals surface area contributed by atoms with E-state index in [1.54, 1.807) is 16.9 Å². The standard InChI is InChI=1S/C20H20N2O/c1-15-7-6-8-17(13-15)14-16(2)20-19(23)11-12-22(21-20)18-9-4-3-5-10-18/h3-13,16H,14H2,1-2H3. The Kier molecular flexibility index (Phi) is 4.38. The van der Waals surface area contributed by atoms with Crippen molar-refractivity contribution in [1.29, 1.82) is 0 Å². The topological polar surface area (TPSA) is 34.9 Å². The first-order chi connectivity index (χ1) is 11.1. The zero-order valence-electron chi connectivity index (χ0n) is 13.4. The summed E-state index contributed by atoms with van der Waals surface area (Å²) in [7, 11) is 0. The van der Waals surface area contributed by atoms with Gasteiger partial charge in [0, 0.05) is 18.2 Å². The van der Waals surface area contributed by atoms with Crippen molar-refractivity contribution in [2.45, 2.75) is 26.2 Å². The van der Waals surface area contributed by atoms with E-state index >= 15 is 0 Å². The van der Waals surface area contributed by atoms with Gasteiger partial charge < -0.3 is 0 Å². The maximum absolute atomic E-state index is 12.2. The Hall–Kier alpha value is -2.68. The molecular weight excluding hydrogens is 284 g/mol. The fraction of sp³-hybridized carbons (Fsp3) is 0.200. The Labute approximate surface area is 136 Å². The number of nitrogens with zero attached hydrogens (tertiary/aromatic N) is 2. The van der Waals surface area contributed by atoms with E-state index in [0.29, 0.717) is 5.69 Å². The minimum absolute atomic E-state index is 0.00247. The molecule has 0 aliphatic rings. The molecule has 1 atom stereocenters. The zero-order chi connectivity index (χ0) is 16.2. The maximum Gasteiger partial charge on any atom is 0.203 e. The fourth-order valence-electron chi connectivity index (χ4n) is 2.78. The molecule has 2 aromatic carbocycles. The van der Waals surface area contributed by atoms with Crippen molar-refractivity contribution < 1.29 is 0 Å². The van der Waals surface area contributed by atoms with Crippen molar-refractivity contribution in [2.24, 2.45) is 0 Å². The van der Waals surface area contributed by atoms with E-state index in [0.717, 1.165) is 12.1 Å². The number of hydrogen-bond donors (Lipinski definition) is 0. The maximum atomic E-state index is 12.2. The molecule has 0 fully saturated rings. The molecule has 0 amide bonds. The first-order valence-electron chi connectivity index (χ1n) is 7.84. The van der Waals surface area contributed by atoms with Crippen LogP contribution >= 0.6 is 0 Å². The second-order valence-corrected chi connectivity index (χ2v) is 5.94. The van der Waals surface area contributed by atoms with Crippen molar-refractivity contribution in [3.05, 3.63) is 93.9 Å². The van der Waals surface area contributed by atoms with Gasteiger partial charge in [-0.1, -0.05) is 55.0 Å². The largest absolute Gasteiger partial charge is 0.288 e. The molecule has 1 unspecified atom stereocenters. The Balaban J connectivity index is 1.91. The van der Waals surface area contributed by atoms with Crippen molar-refractivity contribution in [1.82, 2.24) is 9.78 Å². The molecule has 0 saturated carbocycles. The van der Waals surface area contributed by atoms with Gasteiger partial charge in [-0.25, -0.2) is 4.68 Å². The highest BCUT2D eigenvalue weighted by Crippen LogP contribution is 2.17. The highest BCUT2D eigenvalue weighted by molar-refractivity contribution is 5.30. The van der Waals surface area contributed by atoms with Crippen LogP contribution in [0.15, 0.2) is 71.7 Å². The Morgan fingerprint density at radius 2 is 1.83 bits per heavy atom. The van der Waals surface area contributed by atoms with Crippen LogP contribution in [0.5, 0.6) is 0 Å². The van der Waals surface area contributed by atoms with E-state index in [2.05, 4.69) is 43.2 Å². The zero-order valence-corrected chi connectivity index (χ0v) is 13.4. The SMILES string of the molecule is Cc1cccc(CC(C)c2nn(-c3ccccc3)ccc2=O)c1. The van der Waals surface area contributed by atoms with Gasteiger partial charge >= 0.3 is 0 Å². The minimum atomic E-state index is -0.00247. The second kappa shape index (κ2) is 6.61. The molecule has 0 aliphatic carbocycles. The van der Waals surface area contributed by atoms with Crippen LogP contribution in [0, 0.1) is 6.92 Å². The van der Waals surface area contributed by atoms with Crippen LogP contribution in [0.3, 0.4) is 0 Å². The fourth-order valence-corrected chi connectivity index (χ4v) is 2.78. The smallest absolute Gasteiger partial charge is 0.203 e. The third kappa shape index (κ3) is 3.57. The highest BCUT2D eigenvalue weighted by Gasteiger charge is 2.13. The summed E-state index contributed by atoms with van der Waals surface area (Å²) in [5.41, 5.74) is 4.03. The summed E-state index contributed by atoms with van der Waals surface area (Å²) in [6, 6.07) is 19.8. The van der Waals surface area contributed by atoms with E-state index in [9.17, 15) is 4.79 Å². The summed E-state index contributed by atoms with van der Waals surface area (Å²) < 4.78 is 1.77. The number of rotatable bonds is 4. The molecule has 3 heteroatoms. The molecule has 116 valence electrons. The van der Waals surface area contributed by atoms with E-state index in [1.165, 1.54) is 11.1 Å². The summed E-state index contributed by atoms with van der Waals surface area (Å²) >= 11 is 0. The van der Waals surface area contributed by atoms with E-state index in [1.807, 2.05) is 30.3 Å². The van der Waals surface area contributed by atoms with Crippen molar-refractivity contribution in [3.63, 3.8) is 0 Å².